The third kappa shape index (κ3) is 5.61. The van der Waals surface area contributed by atoms with Crippen LogP contribution in [0.4, 0.5) is 5.69 Å². The number of hydrogen-bond acceptors (Lipinski definition) is 3. The zero-order chi connectivity index (χ0) is 18.4. The number of anilines is 1. The van der Waals surface area contributed by atoms with Gasteiger partial charge < -0.3 is 16.4 Å². The molecule has 130 valence electrons. The molecule has 0 aliphatic rings. The molecule has 3 amide bonds. The molecule has 7 heteroatoms. The van der Waals surface area contributed by atoms with E-state index in [1.807, 2.05) is 0 Å². The molecule has 1 atom stereocenters. The molecule has 2 aromatic carbocycles. The summed E-state index contributed by atoms with van der Waals surface area (Å²) in [6.07, 6.45) is 0.229. The highest BCUT2D eigenvalue weighted by Gasteiger charge is 2.20. The molecule has 0 heterocycles. The number of nitrogens with two attached hydrogens (primary N) is 1. The van der Waals surface area contributed by atoms with E-state index < -0.39 is 17.9 Å². The van der Waals surface area contributed by atoms with Gasteiger partial charge in [0.25, 0.3) is 5.91 Å². The third-order valence-corrected chi connectivity index (χ3v) is 3.66. The SMILES string of the molecule is CC(=O)Nc1cccc(C(=O)N[C@H](Cc2cccc(Cl)c2)C(N)=O)c1. The van der Waals surface area contributed by atoms with E-state index >= 15 is 0 Å². The van der Waals surface area contributed by atoms with Crippen molar-refractivity contribution in [2.75, 3.05) is 5.32 Å². The minimum atomic E-state index is -0.879. The van der Waals surface area contributed by atoms with Gasteiger partial charge in [-0.3, -0.25) is 14.4 Å². The first-order valence-corrected chi connectivity index (χ1v) is 7.95. The number of hydrogen-bond donors (Lipinski definition) is 3. The van der Waals surface area contributed by atoms with Crippen LogP contribution >= 0.6 is 11.6 Å². The van der Waals surface area contributed by atoms with Crippen LogP contribution in [-0.2, 0) is 16.0 Å². The van der Waals surface area contributed by atoms with Crippen LogP contribution in [0.5, 0.6) is 0 Å². The monoisotopic (exact) mass is 359 g/mol. The molecule has 4 N–H and O–H groups in total. The predicted octanol–water partition coefficient (Wildman–Crippen LogP) is 2.12. The average Bonchev–Trinajstić information content (AvgIpc) is 2.53. The number of amides is 3. The van der Waals surface area contributed by atoms with Gasteiger partial charge in [0.15, 0.2) is 0 Å². The molecule has 0 saturated carbocycles. The lowest BCUT2D eigenvalue weighted by Gasteiger charge is -2.16. The van der Waals surface area contributed by atoms with Crippen LogP contribution in [0, 0.1) is 0 Å². The van der Waals surface area contributed by atoms with Gasteiger partial charge in [0, 0.05) is 29.6 Å². The summed E-state index contributed by atoms with van der Waals surface area (Å²) in [6.45, 7) is 1.38. The molecule has 0 aromatic heterocycles. The van der Waals surface area contributed by atoms with E-state index in [-0.39, 0.29) is 12.3 Å². The van der Waals surface area contributed by atoms with E-state index in [4.69, 9.17) is 17.3 Å². The van der Waals surface area contributed by atoms with Gasteiger partial charge in [-0.05, 0) is 35.9 Å². The lowest BCUT2D eigenvalue weighted by molar-refractivity contribution is -0.119. The van der Waals surface area contributed by atoms with Crippen molar-refractivity contribution in [1.82, 2.24) is 5.32 Å². The van der Waals surface area contributed by atoms with Crippen LogP contribution in [-0.4, -0.2) is 23.8 Å². The maximum absolute atomic E-state index is 12.4. The normalized spacial score (nSPS) is 11.4. The molecule has 0 aliphatic carbocycles. The minimum absolute atomic E-state index is 0.229. The number of halogens is 1. The zero-order valence-electron chi connectivity index (χ0n) is 13.6. The van der Waals surface area contributed by atoms with Gasteiger partial charge >= 0.3 is 0 Å². The Morgan fingerprint density at radius 2 is 1.84 bits per heavy atom. The van der Waals surface area contributed by atoms with Gasteiger partial charge in [-0.15, -0.1) is 0 Å². The zero-order valence-corrected chi connectivity index (χ0v) is 14.3. The van der Waals surface area contributed by atoms with Gasteiger partial charge in [0.1, 0.15) is 6.04 Å². The lowest BCUT2D eigenvalue weighted by Crippen LogP contribution is -2.45. The summed E-state index contributed by atoms with van der Waals surface area (Å²) in [5.41, 5.74) is 6.98. The van der Waals surface area contributed by atoms with Crippen molar-refractivity contribution < 1.29 is 14.4 Å². The molecule has 0 radical (unpaired) electrons. The molecular formula is C18H18ClN3O3. The van der Waals surface area contributed by atoms with Crippen LogP contribution in [0.2, 0.25) is 5.02 Å². The molecule has 0 saturated heterocycles. The standard InChI is InChI=1S/C18H18ClN3O3/c1-11(23)21-15-7-3-5-13(10-15)18(25)22-16(17(20)24)9-12-4-2-6-14(19)8-12/h2-8,10,16H,9H2,1H3,(H2,20,24)(H,21,23)(H,22,25)/t16-/m1/s1. The number of nitrogens with one attached hydrogen (secondary N) is 2. The van der Waals surface area contributed by atoms with Crippen LogP contribution in [0.25, 0.3) is 0 Å². The quantitative estimate of drug-likeness (QED) is 0.736. The summed E-state index contributed by atoms with van der Waals surface area (Å²) in [6, 6.07) is 12.5. The first kappa shape index (κ1) is 18.5. The first-order valence-electron chi connectivity index (χ1n) is 7.57. The minimum Gasteiger partial charge on any atom is -0.368 e. The topological polar surface area (TPSA) is 101 Å². The number of primary amides is 1. The molecule has 2 aromatic rings. The van der Waals surface area contributed by atoms with E-state index in [2.05, 4.69) is 10.6 Å². The van der Waals surface area contributed by atoms with Crippen LogP contribution in [0.3, 0.4) is 0 Å². The van der Waals surface area contributed by atoms with Gasteiger partial charge in [0.2, 0.25) is 11.8 Å². The fourth-order valence-corrected chi connectivity index (χ4v) is 2.52. The van der Waals surface area contributed by atoms with Crippen LogP contribution in [0.15, 0.2) is 48.5 Å². The van der Waals surface area contributed by atoms with E-state index in [9.17, 15) is 14.4 Å². The Hall–Kier alpha value is -2.86. The number of benzene rings is 2. The summed E-state index contributed by atoms with van der Waals surface area (Å²) in [4.78, 5) is 35.2. The van der Waals surface area contributed by atoms with Gasteiger partial charge in [-0.1, -0.05) is 29.8 Å². The third-order valence-electron chi connectivity index (χ3n) is 3.42. The Kier molecular flexibility index (Phi) is 6.14. The van der Waals surface area contributed by atoms with Crippen molar-refractivity contribution >= 4 is 35.0 Å². The maximum atomic E-state index is 12.4. The van der Waals surface area contributed by atoms with E-state index in [1.54, 1.807) is 42.5 Å². The highest BCUT2D eigenvalue weighted by molar-refractivity contribution is 6.30. The first-order chi connectivity index (χ1) is 11.8. The van der Waals surface area contributed by atoms with E-state index in [1.165, 1.54) is 13.0 Å². The van der Waals surface area contributed by atoms with Crippen molar-refractivity contribution in [3.8, 4) is 0 Å². The Morgan fingerprint density at radius 3 is 2.48 bits per heavy atom. The molecule has 2 rings (SSSR count). The second kappa shape index (κ2) is 8.30. The number of rotatable bonds is 6. The van der Waals surface area contributed by atoms with E-state index in [0.29, 0.717) is 16.3 Å². The molecule has 0 aliphatic heterocycles. The second-order valence-electron chi connectivity index (χ2n) is 5.52. The van der Waals surface area contributed by atoms with Gasteiger partial charge in [-0.2, -0.15) is 0 Å². The molecule has 0 fully saturated rings. The van der Waals surface area contributed by atoms with E-state index in [0.717, 1.165) is 5.56 Å². The largest absolute Gasteiger partial charge is 0.368 e. The van der Waals surface area contributed by atoms with Crippen molar-refractivity contribution in [2.45, 2.75) is 19.4 Å². The van der Waals surface area contributed by atoms with Gasteiger partial charge in [-0.25, -0.2) is 0 Å². The smallest absolute Gasteiger partial charge is 0.252 e. The van der Waals surface area contributed by atoms with Crippen molar-refractivity contribution in [3.63, 3.8) is 0 Å². The maximum Gasteiger partial charge on any atom is 0.252 e. The fraction of sp³-hybridized carbons (Fsp3) is 0.167. The highest BCUT2D eigenvalue weighted by Crippen LogP contribution is 2.14. The fourth-order valence-electron chi connectivity index (χ4n) is 2.31. The average molecular weight is 360 g/mol. The summed E-state index contributed by atoms with van der Waals surface area (Å²) in [5.74, 6) is -1.35. The molecular weight excluding hydrogens is 342 g/mol. The number of carbonyl (C=O) groups is 3. The summed E-state index contributed by atoms with van der Waals surface area (Å²) in [7, 11) is 0. The van der Waals surface area contributed by atoms with Crippen LogP contribution in [0.1, 0.15) is 22.8 Å². The Morgan fingerprint density at radius 1 is 1.12 bits per heavy atom. The van der Waals surface area contributed by atoms with Crippen molar-refractivity contribution in [3.05, 3.63) is 64.7 Å². The number of carbonyl (C=O) groups excluding carboxylic acids is 3. The molecule has 0 spiro atoms. The summed E-state index contributed by atoms with van der Waals surface area (Å²) >= 11 is 5.93. The Labute approximate surface area is 150 Å². The van der Waals surface area contributed by atoms with Crippen LogP contribution < -0.4 is 16.4 Å². The highest BCUT2D eigenvalue weighted by atomic mass is 35.5. The van der Waals surface area contributed by atoms with Crippen molar-refractivity contribution in [1.29, 1.82) is 0 Å². The van der Waals surface area contributed by atoms with Gasteiger partial charge in [0.05, 0.1) is 0 Å². The predicted molar refractivity (Wildman–Crippen MR) is 96.4 cm³/mol. The summed E-state index contributed by atoms with van der Waals surface area (Å²) in [5, 5.41) is 5.75. The Bertz CT molecular complexity index is 808. The Balaban J connectivity index is 2.12. The van der Waals surface area contributed by atoms with Crippen molar-refractivity contribution in [2.24, 2.45) is 5.73 Å². The molecule has 0 unspecified atom stereocenters. The second-order valence-corrected chi connectivity index (χ2v) is 5.96. The lowest BCUT2D eigenvalue weighted by atomic mass is 10.0. The molecule has 0 bridgehead atoms. The molecule has 25 heavy (non-hydrogen) atoms. The summed E-state index contributed by atoms with van der Waals surface area (Å²) < 4.78 is 0. The molecule has 6 nitrogen and oxygen atoms in total.